The third-order valence-corrected chi connectivity index (χ3v) is 4.51. The summed E-state index contributed by atoms with van der Waals surface area (Å²) in [5, 5.41) is 11.2. The average Bonchev–Trinajstić information content (AvgIpc) is 2.66. The minimum absolute atomic E-state index is 0.0367. The van der Waals surface area contributed by atoms with E-state index in [1.54, 1.807) is 11.8 Å². The van der Waals surface area contributed by atoms with Crippen LogP contribution in [-0.2, 0) is 0 Å². The second-order valence-electron chi connectivity index (χ2n) is 5.55. The van der Waals surface area contributed by atoms with Crippen LogP contribution in [0.15, 0.2) is 40.4 Å². The number of aromatic nitrogens is 2. The van der Waals surface area contributed by atoms with Crippen molar-refractivity contribution in [2.24, 2.45) is 5.41 Å². The van der Waals surface area contributed by atoms with Crippen molar-refractivity contribution in [1.82, 2.24) is 9.55 Å². The molecule has 18 heavy (non-hydrogen) atoms. The molecule has 0 saturated heterocycles. The third kappa shape index (κ3) is 1.76. The Balaban J connectivity index is 2.16. The summed E-state index contributed by atoms with van der Waals surface area (Å²) in [6.07, 6.45) is 1.30. The van der Waals surface area contributed by atoms with E-state index in [4.69, 9.17) is 0 Å². The summed E-state index contributed by atoms with van der Waals surface area (Å²) >= 11 is 1.65. The van der Waals surface area contributed by atoms with Gasteiger partial charge in [0.05, 0.1) is 11.0 Å². The van der Waals surface area contributed by atoms with Gasteiger partial charge < -0.3 is 5.11 Å². The molecule has 0 bridgehead atoms. The molecule has 2 heterocycles. The highest BCUT2D eigenvalue weighted by Gasteiger charge is 2.28. The van der Waals surface area contributed by atoms with Crippen LogP contribution in [0.4, 0.5) is 0 Å². The molecule has 4 heteroatoms. The second-order valence-corrected chi connectivity index (χ2v) is 6.56. The zero-order chi connectivity index (χ0) is 12.9. The highest BCUT2D eigenvalue weighted by molar-refractivity contribution is 8.03. The fourth-order valence-corrected chi connectivity index (χ4v) is 3.24. The lowest BCUT2D eigenvalue weighted by atomic mass is 9.95. The molecular weight excluding hydrogens is 244 g/mol. The first-order valence-corrected chi connectivity index (χ1v) is 6.83. The van der Waals surface area contributed by atoms with Gasteiger partial charge in [0.25, 0.3) is 0 Å². The summed E-state index contributed by atoms with van der Waals surface area (Å²) in [6, 6.07) is 7.91. The second kappa shape index (κ2) is 3.87. The summed E-state index contributed by atoms with van der Waals surface area (Å²) in [6.45, 7) is 6.45. The van der Waals surface area contributed by atoms with Crippen LogP contribution in [0.3, 0.4) is 0 Å². The van der Waals surface area contributed by atoms with E-state index < -0.39 is 6.23 Å². The van der Waals surface area contributed by atoms with E-state index in [1.807, 2.05) is 34.9 Å². The highest BCUT2D eigenvalue weighted by Crippen LogP contribution is 2.44. The number of hydrogen-bond donors (Lipinski definition) is 1. The Bertz CT molecular complexity index is 637. The van der Waals surface area contributed by atoms with E-state index in [2.05, 4.69) is 25.8 Å². The summed E-state index contributed by atoms with van der Waals surface area (Å²) in [5.74, 6) is 0. The van der Waals surface area contributed by atoms with Crippen LogP contribution < -0.4 is 0 Å². The van der Waals surface area contributed by atoms with Crippen molar-refractivity contribution in [3.63, 3.8) is 0 Å². The minimum Gasteiger partial charge on any atom is -0.369 e. The van der Waals surface area contributed by atoms with Crippen molar-refractivity contribution in [3.8, 4) is 0 Å². The zero-order valence-corrected chi connectivity index (χ0v) is 11.5. The topological polar surface area (TPSA) is 38.0 Å². The van der Waals surface area contributed by atoms with E-state index in [1.165, 1.54) is 0 Å². The van der Waals surface area contributed by atoms with Crippen LogP contribution in [0, 0.1) is 5.41 Å². The van der Waals surface area contributed by atoms with Crippen molar-refractivity contribution in [2.45, 2.75) is 32.2 Å². The summed E-state index contributed by atoms with van der Waals surface area (Å²) in [4.78, 5) is 5.76. The van der Waals surface area contributed by atoms with Crippen molar-refractivity contribution < 1.29 is 5.11 Å². The van der Waals surface area contributed by atoms with Gasteiger partial charge in [-0.15, -0.1) is 0 Å². The van der Waals surface area contributed by atoms with Gasteiger partial charge in [-0.25, -0.2) is 4.98 Å². The van der Waals surface area contributed by atoms with Gasteiger partial charge in [-0.05, 0) is 28.5 Å². The number of allylic oxidation sites excluding steroid dienone is 1. The van der Waals surface area contributed by atoms with E-state index in [-0.39, 0.29) is 5.41 Å². The quantitative estimate of drug-likeness (QED) is 0.787. The Morgan fingerprint density at radius 1 is 1.28 bits per heavy atom. The number of thioether (sulfide) groups is 1. The van der Waals surface area contributed by atoms with Gasteiger partial charge in [-0.3, -0.25) is 4.57 Å². The van der Waals surface area contributed by atoms with Crippen molar-refractivity contribution in [2.75, 3.05) is 0 Å². The maximum absolute atomic E-state index is 10.3. The van der Waals surface area contributed by atoms with E-state index in [0.717, 1.165) is 21.1 Å². The highest BCUT2D eigenvalue weighted by atomic mass is 32.2. The van der Waals surface area contributed by atoms with Gasteiger partial charge in [0, 0.05) is 0 Å². The van der Waals surface area contributed by atoms with Gasteiger partial charge in [0.2, 0.25) is 0 Å². The van der Waals surface area contributed by atoms with Crippen LogP contribution in [0.2, 0.25) is 0 Å². The van der Waals surface area contributed by atoms with Crippen LogP contribution in [0.25, 0.3) is 11.0 Å². The van der Waals surface area contributed by atoms with Crippen molar-refractivity contribution in [3.05, 3.63) is 35.2 Å². The number of nitrogens with zero attached hydrogens (tertiary/aromatic N) is 2. The molecule has 0 amide bonds. The Kier molecular flexibility index (Phi) is 2.54. The summed E-state index contributed by atoms with van der Waals surface area (Å²) in [7, 11) is 0. The van der Waals surface area contributed by atoms with Gasteiger partial charge in [0.15, 0.2) is 11.4 Å². The molecule has 0 unspecified atom stereocenters. The molecule has 0 fully saturated rings. The average molecular weight is 260 g/mol. The van der Waals surface area contributed by atoms with E-state index in [9.17, 15) is 5.11 Å². The van der Waals surface area contributed by atoms with Gasteiger partial charge >= 0.3 is 0 Å². The van der Waals surface area contributed by atoms with Crippen molar-refractivity contribution >= 4 is 22.8 Å². The summed E-state index contributed by atoms with van der Waals surface area (Å²) in [5.41, 5.74) is 1.95. The third-order valence-electron chi connectivity index (χ3n) is 3.07. The standard InChI is InChI=1S/C14H16N2OS/c1-14(2,3)11-8-12(17)16-10-7-5-4-6-9(10)15-13(16)18-11/h4-8,12,17H,1-3H3/t12-/m1/s1. The van der Waals surface area contributed by atoms with Crippen LogP contribution in [-0.4, -0.2) is 14.7 Å². The molecule has 3 nitrogen and oxygen atoms in total. The number of para-hydroxylation sites is 2. The Labute approximate surface area is 111 Å². The predicted octanol–water partition coefficient (Wildman–Crippen LogP) is 3.56. The van der Waals surface area contributed by atoms with Crippen LogP contribution >= 0.6 is 11.8 Å². The van der Waals surface area contributed by atoms with Crippen LogP contribution in [0.5, 0.6) is 0 Å². The molecule has 1 aliphatic rings. The maximum Gasteiger partial charge on any atom is 0.176 e. The molecule has 94 valence electrons. The van der Waals surface area contributed by atoms with Crippen molar-refractivity contribution in [1.29, 1.82) is 0 Å². The molecule has 0 spiro atoms. The normalized spacial score (nSPS) is 19.8. The molecule has 0 saturated carbocycles. The molecule has 0 radical (unpaired) electrons. The summed E-state index contributed by atoms with van der Waals surface area (Å²) < 4.78 is 1.88. The van der Waals surface area contributed by atoms with Gasteiger partial charge in [-0.1, -0.05) is 44.7 Å². The molecule has 1 aromatic carbocycles. The largest absolute Gasteiger partial charge is 0.369 e. The first-order valence-electron chi connectivity index (χ1n) is 6.02. The number of hydrogen-bond acceptors (Lipinski definition) is 3. The number of aliphatic hydroxyl groups excluding tert-OH is 1. The zero-order valence-electron chi connectivity index (χ0n) is 10.7. The maximum atomic E-state index is 10.3. The lowest BCUT2D eigenvalue weighted by Gasteiger charge is -2.28. The first kappa shape index (κ1) is 11.8. The Morgan fingerprint density at radius 2 is 2.00 bits per heavy atom. The molecule has 0 aliphatic carbocycles. The lowest BCUT2D eigenvalue weighted by molar-refractivity contribution is 0.146. The fourth-order valence-electron chi connectivity index (χ4n) is 2.10. The molecular formula is C14H16N2OS. The Hall–Kier alpha value is -1.26. The number of fused-ring (bicyclic) bond motifs is 3. The molecule has 2 aromatic rings. The lowest BCUT2D eigenvalue weighted by Crippen LogP contribution is -2.17. The number of aliphatic hydroxyl groups is 1. The molecule has 1 atom stereocenters. The SMILES string of the molecule is CC(C)(C)C1=C[C@@H](O)n2c(nc3ccccc32)S1. The fraction of sp³-hybridized carbons (Fsp3) is 0.357. The number of benzene rings is 1. The number of rotatable bonds is 0. The predicted molar refractivity (Wildman–Crippen MR) is 74.4 cm³/mol. The Morgan fingerprint density at radius 3 is 2.72 bits per heavy atom. The molecule has 1 N–H and O–H groups in total. The minimum atomic E-state index is -0.622. The van der Waals surface area contributed by atoms with Crippen LogP contribution in [0.1, 0.15) is 27.0 Å². The molecule has 1 aromatic heterocycles. The first-order chi connectivity index (χ1) is 8.47. The van der Waals surface area contributed by atoms with Gasteiger partial charge in [-0.2, -0.15) is 0 Å². The number of imidazole rings is 1. The van der Waals surface area contributed by atoms with E-state index in [0.29, 0.717) is 0 Å². The smallest absolute Gasteiger partial charge is 0.176 e. The molecule has 3 rings (SSSR count). The van der Waals surface area contributed by atoms with Gasteiger partial charge in [0.1, 0.15) is 0 Å². The monoisotopic (exact) mass is 260 g/mol. The van der Waals surface area contributed by atoms with E-state index >= 15 is 0 Å². The molecule has 1 aliphatic heterocycles.